The fraction of sp³-hybridized carbons (Fsp3) is 0.118. The van der Waals surface area contributed by atoms with Gasteiger partial charge in [0.25, 0.3) is 0 Å². The second-order valence-electron chi connectivity index (χ2n) is 4.77. The Morgan fingerprint density at radius 1 is 1.14 bits per heavy atom. The summed E-state index contributed by atoms with van der Waals surface area (Å²) >= 11 is 6.10. The Morgan fingerprint density at radius 3 is 2.71 bits per heavy atom. The SMILES string of the molecule is CCc1cc(N)c2cc(Oc3ccccc3Cl)ccc2n1. The van der Waals surface area contributed by atoms with Crippen molar-refractivity contribution in [3.63, 3.8) is 0 Å². The van der Waals surface area contributed by atoms with Crippen molar-refractivity contribution < 1.29 is 4.74 Å². The molecule has 0 saturated carbocycles. The van der Waals surface area contributed by atoms with Crippen LogP contribution in [0.15, 0.2) is 48.5 Å². The van der Waals surface area contributed by atoms with Gasteiger partial charge in [-0.1, -0.05) is 30.7 Å². The van der Waals surface area contributed by atoms with E-state index in [2.05, 4.69) is 11.9 Å². The molecule has 2 aromatic carbocycles. The Kier molecular flexibility index (Phi) is 3.67. The molecule has 0 atom stereocenters. The van der Waals surface area contributed by atoms with Gasteiger partial charge >= 0.3 is 0 Å². The lowest BCUT2D eigenvalue weighted by Crippen LogP contribution is -1.95. The number of aryl methyl sites for hydroxylation is 1. The van der Waals surface area contributed by atoms with Gasteiger partial charge in [-0.25, -0.2) is 0 Å². The van der Waals surface area contributed by atoms with Crippen LogP contribution in [0.2, 0.25) is 5.02 Å². The molecule has 0 bridgehead atoms. The molecule has 0 fully saturated rings. The van der Waals surface area contributed by atoms with E-state index in [0.717, 1.165) is 23.0 Å². The van der Waals surface area contributed by atoms with E-state index in [4.69, 9.17) is 22.1 Å². The van der Waals surface area contributed by atoms with Gasteiger partial charge in [0.15, 0.2) is 0 Å². The largest absolute Gasteiger partial charge is 0.456 e. The van der Waals surface area contributed by atoms with Crippen molar-refractivity contribution in [2.45, 2.75) is 13.3 Å². The third kappa shape index (κ3) is 2.78. The van der Waals surface area contributed by atoms with E-state index in [1.165, 1.54) is 0 Å². The summed E-state index contributed by atoms with van der Waals surface area (Å²) in [5.74, 6) is 1.31. The van der Waals surface area contributed by atoms with Crippen LogP contribution in [0, 0.1) is 0 Å². The fourth-order valence-corrected chi connectivity index (χ4v) is 2.36. The number of nitrogens with zero attached hydrogens (tertiary/aromatic N) is 1. The molecule has 21 heavy (non-hydrogen) atoms. The molecule has 0 amide bonds. The van der Waals surface area contributed by atoms with E-state index in [1.807, 2.05) is 42.5 Å². The average molecular weight is 299 g/mol. The summed E-state index contributed by atoms with van der Waals surface area (Å²) in [4.78, 5) is 4.56. The minimum absolute atomic E-state index is 0.574. The zero-order valence-electron chi connectivity index (χ0n) is 11.6. The molecule has 0 saturated heterocycles. The van der Waals surface area contributed by atoms with Gasteiger partial charge in [-0.3, -0.25) is 4.98 Å². The van der Waals surface area contributed by atoms with Gasteiger partial charge in [-0.05, 0) is 42.8 Å². The number of para-hydroxylation sites is 1. The lowest BCUT2D eigenvalue weighted by Gasteiger charge is -2.10. The van der Waals surface area contributed by atoms with E-state index < -0.39 is 0 Å². The first-order valence-electron chi connectivity index (χ1n) is 6.79. The minimum atomic E-state index is 0.574. The number of fused-ring (bicyclic) bond motifs is 1. The highest BCUT2D eigenvalue weighted by atomic mass is 35.5. The molecule has 0 aliphatic heterocycles. The van der Waals surface area contributed by atoms with E-state index in [0.29, 0.717) is 22.2 Å². The van der Waals surface area contributed by atoms with Gasteiger partial charge < -0.3 is 10.5 Å². The molecule has 0 spiro atoms. The van der Waals surface area contributed by atoms with Gasteiger partial charge in [0.1, 0.15) is 11.5 Å². The number of hydrogen-bond acceptors (Lipinski definition) is 3. The van der Waals surface area contributed by atoms with E-state index in [-0.39, 0.29) is 0 Å². The summed E-state index contributed by atoms with van der Waals surface area (Å²) in [5, 5.41) is 1.46. The Hall–Kier alpha value is -2.26. The predicted molar refractivity (Wildman–Crippen MR) is 87.1 cm³/mol. The van der Waals surface area contributed by atoms with Gasteiger partial charge in [-0.15, -0.1) is 0 Å². The molecule has 3 nitrogen and oxygen atoms in total. The average Bonchev–Trinajstić information content (AvgIpc) is 2.50. The van der Waals surface area contributed by atoms with Crippen LogP contribution < -0.4 is 10.5 Å². The fourth-order valence-electron chi connectivity index (χ4n) is 2.19. The first-order chi connectivity index (χ1) is 10.2. The van der Waals surface area contributed by atoms with E-state index in [9.17, 15) is 0 Å². The van der Waals surface area contributed by atoms with Crippen LogP contribution in [0.5, 0.6) is 11.5 Å². The number of nitrogen functional groups attached to an aromatic ring is 1. The number of benzene rings is 2. The lowest BCUT2D eigenvalue weighted by molar-refractivity contribution is 0.483. The highest BCUT2D eigenvalue weighted by Crippen LogP contribution is 2.31. The quantitative estimate of drug-likeness (QED) is 0.753. The number of hydrogen-bond donors (Lipinski definition) is 1. The first kappa shape index (κ1) is 13.7. The molecule has 1 aromatic heterocycles. The van der Waals surface area contributed by atoms with Crippen molar-refractivity contribution in [3.05, 3.63) is 59.2 Å². The smallest absolute Gasteiger partial charge is 0.146 e. The zero-order chi connectivity index (χ0) is 14.8. The molecule has 106 valence electrons. The first-order valence-corrected chi connectivity index (χ1v) is 7.16. The maximum atomic E-state index is 6.10. The molecule has 3 rings (SSSR count). The van der Waals surface area contributed by atoms with Crippen molar-refractivity contribution >= 4 is 28.2 Å². The molecule has 1 heterocycles. The Labute approximate surface area is 128 Å². The Bertz CT molecular complexity index is 802. The summed E-state index contributed by atoms with van der Waals surface area (Å²) in [5.41, 5.74) is 8.67. The van der Waals surface area contributed by atoms with Crippen LogP contribution in [0.3, 0.4) is 0 Å². The van der Waals surface area contributed by atoms with Crippen LogP contribution in [0.1, 0.15) is 12.6 Å². The summed E-state index contributed by atoms with van der Waals surface area (Å²) in [6, 6.07) is 14.9. The molecular weight excluding hydrogens is 284 g/mol. The third-order valence-corrected chi connectivity index (χ3v) is 3.60. The topological polar surface area (TPSA) is 48.1 Å². The summed E-state index contributed by atoms with van der Waals surface area (Å²) in [6.45, 7) is 2.06. The molecule has 4 heteroatoms. The van der Waals surface area contributed by atoms with Crippen molar-refractivity contribution in [1.29, 1.82) is 0 Å². The van der Waals surface area contributed by atoms with Crippen molar-refractivity contribution in [2.75, 3.05) is 5.73 Å². The monoisotopic (exact) mass is 298 g/mol. The van der Waals surface area contributed by atoms with Crippen LogP contribution in [-0.4, -0.2) is 4.98 Å². The van der Waals surface area contributed by atoms with Crippen molar-refractivity contribution in [1.82, 2.24) is 4.98 Å². The zero-order valence-corrected chi connectivity index (χ0v) is 12.4. The normalized spacial score (nSPS) is 10.8. The molecule has 3 aromatic rings. The molecule has 0 aliphatic carbocycles. The van der Waals surface area contributed by atoms with Crippen LogP contribution in [0.25, 0.3) is 10.9 Å². The predicted octanol–water partition coefficient (Wildman–Crippen LogP) is 4.83. The maximum absolute atomic E-state index is 6.10. The molecular formula is C17H15ClN2O. The van der Waals surface area contributed by atoms with Crippen molar-refractivity contribution in [2.24, 2.45) is 0 Å². The van der Waals surface area contributed by atoms with Crippen molar-refractivity contribution in [3.8, 4) is 11.5 Å². The second-order valence-corrected chi connectivity index (χ2v) is 5.18. The van der Waals surface area contributed by atoms with E-state index in [1.54, 1.807) is 6.07 Å². The minimum Gasteiger partial charge on any atom is -0.456 e. The lowest BCUT2D eigenvalue weighted by atomic mass is 10.1. The summed E-state index contributed by atoms with van der Waals surface area (Å²) < 4.78 is 5.81. The standard InChI is InChI=1S/C17H15ClN2O/c1-2-11-9-15(19)13-10-12(7-8-16(13)20-11)21-17-6-4-3-5-14(17)18/h3-10H,2H2,1H3,(H2,19,20). The number of pyridine rings is 1. The number of anilines is 1. The number of aromatic nitrogens is 1. The molecule has 0 radical (unpaired) electrons. The Balaban J connectivity index is 2.02. The number of nitrogens with two attached hydrogens (primary N) is 1. The highest BCUT2D eigenvalue weighted by Gasteiger charge is 2.06. The second kappa shape index (κ2) is 5.62. The van der Waals surface area contributed by atoms with Crippen LogP contribution >= 0.6 is 11.6 Å². The van der Waals surface area contributed by atoms with Gasteiger partial charge in [0, 0.05) is 16.8 Å². The van der Waals surface area contributed by atoms with Crippen LogP contribution in [-0.2, 0) is 6.42 Å². The molecule has 0 unspecified atom stereocenters. The third-order valence-electron chi connectivity index (χ3n) is 3.29. The van der Waals surface area contributed by atoms with Gasteiger partial charge in [0.05, 0.1) is 10.5 Å². The number of halogens is 1. The molecule has 0 aliphatic rings. The number of ether oxygens (including phenoxy) is 1. The maximum Gasteiger partial charge on any atom is 0.146 e. The van der Waals surface area contributed by atoms with E-state index >= 15 is 0 Å². The van der Waals surface area contributed by atoms with Gasteiger partial charge in [0.2, 0.25) is 0 Å². The number of rotatable bonds is 3. The van der Waals surface area contributed by atoms with Crippen LogP contribution in [0.4, 0.5) is 5.69 Å². The summed E-state index contributed by atoms with van der Waals surface area (Å²) in [6.07, 6.45) is 0.859. The highest BCUT2D eigenvalue weighted by molar-refractivity contribution is 6.32. The summed E-state index contributed by atoms with van der Waals surface area (Å²) in [7, 11) is 0. The molecule has 2 N–H and O–H groups in total. The Morgan fingerprint density at radius 2 is 1.95 bits per heavy atom. The van der Waals surface area contributed by atoms with Gasteiger partial charge in [-0.2, -0.15) is 0 Å².